The van der Waals surface area contributed by atoms with Gasteiger partial charge in [-0.25, -0.2) is 0 Å². The second kappa shape index (κ2) is 7.87. The summed E-state index contributed by atoms with van der Waals surface area (Å²) in [6, 6.07) is 11.0. The second-order valence-electron chi connectivity index (χ2n) is 5.70. The smallest absolute Gasteiger partial charge is 0.243 e. The fourth-order valence-corrected chi connectivity index (χ4v) is 3.00. The van der Waals surface area contributed by atoms with Gasteiger partial charge in [0.15, 0.2) is 11.5 Å². The molecule has 27 heavy (non-hydrogen) atoms. The Labute approximate surface area is 165 Å². The van der Waals surface area contributed by atoms with E-state index in [9.17, 15) is 4.79 Å². The molecule has 0 unspecified atom stereocenters. The van der Waals surface area contributed by atoms with Gasteiger partial charge < -0.3 is 18.9 Å². The Hall–Kier alpha value is -2.74. The Kier molecular flexibility index (Phi) is 5.55. The quantitative estimate of drug-likeness (QED) is 0.716. The van der Waals surface area contributed by atoms with Gasteiger partial charge in [-0.1, -0.05) is 28.1 Å². The highest BCUT2D eigenvalue weighted by molar-refractivity contribution is 9.10. The molecule has 0 aliphatic carbocycles. The van der Waals surface area contributed by atoms with Crippen LogP contribution in [0.2, 0.25) is 0 Å². The number of hydrazone groups is 1. The average Bonchev–Trinajstić information content (AvgIpc) is 3.13. The largest absolute Gasteiger partial charge is 0.493 e. The van der Waals surface area contributed by atoms with E-state index in [1.807, 2.05) is 24.3 Å². The zero-order chi connectivity index (χ0) is 19.6. The predicted molar refractivity (Wildman–Crippen MR) is 103 cm³/mol. The Bertz CT molecular complexity index is 857. The number of nitrogens with zero attached hydrogens (tertiary/aromatic N) is 2. The molecular formula is C19H19BrN2O5. The molecule has 2 aromatic carbocycles. The van der Waals surface area contributed by atoms with E-state index in [0.29, 0.717) is 22.8 Å². The highest BCUT2D eigenvalue weighted by Crippen LogP contribution is 2.40. The molecule has 1 atom stereocenters. The van der Waals surface area contributed by atoms with Gasteiger partial charge in [-0.15, -0.1) is 5.10 Å². The van der Waals surface area contributed by atoms with Gasteiger partial charge in [0.05, 0.1) is 21.3 Å². The number of methoxy groups -OCH3 is 3. The van der Waals surface area contributed by atoms with Crippen LogP contribution >= 0.6 is 15.9 Å². The molecule has 0 radical (unpaired) electrons. The fourth-order valence-electron chi connectivity index (χ4n) is 2.73. The Morgan fingerprint density at radius 1 is 1.07 bits per heavy atom. The van der Waals surface area contributed by atoms with Crippen molar-refractivity contribution >= 4 is 27.7 Å². The summed E-state index contributed by atoms with van der Waals surface area (Å²) in [5.74, 6) is 1.47. The summed E-state index contributed by atoms with van der Waals surface area (Å²) in [5, 5.41) is 5.67. The van der Waals surface area contributed by atoms with Gasteiger partial charge in [-0.3, -0.25) is 4.79 Å². The molecule has 1 heterocycles. The minimum atomic E-state index is -0.648. The highest BCUT2D eigenvalue weighted by atomic mass is 79.9. The van der Waals surface area contributed by atoms with Gasteiger partial charge in [0.25, 0.3) is 0 Å². The van der Waals surface area contributed by atoms with Crippen LogP contribution in [0.4, 0.5) is 0 Å². The average molecular weight is 435 g/mol. The fraction of sp³-hybridized carbons (Fsp3) is 0.263. The van der Waals surface area contributed by atoms with Crippen LogP contribution in [-0.4, -0.2) is 38.1 Å². The minimum absolute atomic E-state index is 0.231. The third kappa shape index (κ3) is 3.71. The van der Waals surface area contributed by atoms with Crippen molar-refractivity contribution in [1.82, 2.24) is 5.01 Å². The van der Waals surface area contributed by atoms with Crippen LogP contribution in [-0.2, 0) is 9.53 Å². The van der Waals surface area contributed by atoms with Crippen molar-refractivity contribution in [3.05, 3.63) is 52.0 Å². The number of carbonyl (C=O) groups is 1. The van der Waals surface area contributed by atoms with E-state index >= 15 is 0 Å². The van der Waals surface area contributed by atoms with E-state index in [1.165, 1.54) is 33.3 Å². The molecule has 8 heteroatoms. The number of halogens is 1. The van der Waals surface area contributed by atoms with E-state index in [4.69, 9.17) is 18.9 Å². The predicted octanol–water partition coefficient (Wildman–Crippen LogP) is 3.71. The summed E-state index contributed by atoms with van der Waals surface area (Å²) in [6.45, 7) is 1.44. The monoisotopic (exact) mass is 434 g/mol. The first-order chi connectivity index (χ1) is 13.0. The molecule has 1 aliphatic rings. The zero-order valence-corrected chi connectivity index (χ0v) is 16.9. The van der Waals surface area contributed by atoms with Crippen molar-refractivity contribution < 1.29 is 23.7 Å². The maximum Gasteiger partial charge on any atom is 0.243 e. The third-order valence-electron chi connectivity index (χ3n) is 4.03. The number of ether oxygens (including phenoxy) is 4. The van der Waals surface area contributed by atoms with Crippen LogP contribution in [0.3, 0.4) is 0 Å². The lowest BCUT2D eigenvalue weighted by molar-refractivity contribution is -0.135. The first kappa shape index (κ1) is 19.0. The molecule has 0 aromatic heterocycles. The summed E-state index contributed by atoms with van der Waals surface area (Å²) >= 11 is 3.40. The topological polar surface area (TPSA) is 69.6 Å². The van der Waals surface area contributed by atoms with E-state index in [2.05, 4.69) is 21.0 Å². The lowest BCUT2D eigenvalue weighted by Gasteiger charge is -2.19. The van der Waals surface area contributed by atoms with Crippen molar-refractivity contribution in [2.75, 3.05) is 21.3 Å². The SMILES string of the molecule is COc1cc(C2=NN(C(C)=O)[C@H](c3ccc(Br)cc3)O2)cc(OC)c1OC. The molecule has 0 spiro atoms. The Morgan fingerprint density at radius 2 is 1.67 bits per heavy atom. The van der Waals surface area contributed by atoms with Crippen LogP contribution in [0.5, 0.6) is 17.2 Å². The van der Waals surface area contributed by atoms with Crippen molar-refractivity contribution in [3.63, 3.8) is 0 Å². The van der Waals surface area contributed by atoms with Gasteiger partial charge in [-0.2, -0.15) is 5.01 Å². The number of hydrogen-bond donors (Lipinski definition) is 0. The van der Waals surface area contributed by atoms with Crippen molar-refractivity contribution in [1.29, 1.82) is 0 Å². The summed E-state index contributed by atoms with van der Waals surface area (Å²) in [5.41, 5.74) is 1.41. The van der Waals surface area contributed by atoms with Crippen LogP contribution in [0.1, 0.15) is 24.3 Å². The number of amides is 1. The van der Waals surface area contributed by atoms with Crippen molar-refractivity contribution in [3.8, 4) is 17.2 Å². The van der Waals surface area contributed by atoms with E-state index in [0.717, 1.165) is 10.0 Å². The van der Waals surface area contributed by atoms with Gasteiger partial charge in [0, 0.05) is 22.5 Å². The molecule has 0 bridgehead atoms. The van der Waals surface area contributed by atoms with Crippen molar-refractivity contribution in [2.45, 2.75) is 13.2 Å². The molecule has 1 amide bonds. The maximum absolute atomic E-state index is 12.1. The number of hydrogen-bond acceptors (Lipinski definition) is 6. The van der Waals surface area contributed by atoms with Gasteiger partial charge in [0.1, 0.15) is 0 Å². The van der Waals surface area contributed by atoms with Gasteiger partial charge in [0.2, 0.25) is 23.8 Å². The summed E-state index contributed by atoms with van der Waals surface area (Å²) in [4.78, 5) is 12.1. The lowest BCUT2D eigenvalue weighted by Crippen LogP contribution is -2.25. The van der Waals surface area contributed by atoms with Crippen molar-refractivity contribution in [2.24, 2.45) is 5.10 Å². The molecule has 0 fully saturated rings. The molecule has 142 valence electrons. The van der Waals surface area contributed by atoms with Gasteiger partial charge >= 0.3 is 0 Å². The molecular weight excluding hydrogens is 416 g/mol. The summed E-state index contributed by atoms with van der Waals surface area (Å²) in [7, 11) is 4.60. The second-order valence-corrected chi connectivity index (χ2v) is 6.62. The van der Waals surface area contributed by atoms with Crippen LogP contribution in [0.25, 0.3) is 0 Å². The Balaban J connectivity index is 2.01. The molecule has 0 saturated carbocycles. The number of benzene rings is 2. The number of rotatable bonds is 5. The maximum atomic E-state index is 12.1. The minimum Gasteiger partial charge on any atom is -0.493 e. The molecule has 0 N–H and O–H groups in total. The van der Waals surface area contributed by atoms with E-state index < -0.39 is 6.23 Å². The normalized spacial score (nSPS) is 15.8. The van der Waals surface area contributed by atoms with E-state index in [-0.39, 0.29) is 11.8 Å². The highest BCUT2D eigenvalue weighted by Gasteiger charge is 2.33. The third-order valence-corrected chi connectivity index (χ3v) is 4.56. The first-order valence-electron chi connectivity index (χ1n) is 8.09. The summed E-state index contributed by atoms with van der Waals surface area (Å²) < 4.78 is 23.0. The van der Waals surface area contributed by atoms with Crippen LogP contribution in [0.15, 0.2) is 46.0 Å². The molecule has 0 saturated heterocycles. The van der Waals surface area contributed by atoms with Gasteiger partial charge in [-0.05, 0) is 24.3 Å². The van der Waals surface area contributed by atoms with E-state index in [1.54, 1.807) is 12.1 Å². The van der Waals surface area contributed by atoms with Crippen LogP contribution < -0.4 is 14.2 Å². The first-order valence-corrected chi connectivity index (χ1v) is 8.88. The standard InChI is InChI=1S/C19H19BrN2O5/c1-11(23)22-19(12-5-7-14(20)8-6-12)27-18(21-22)13-9-15(24-2)17(26-4)16(10-13)25-3/h5-10,19H,1-4H3/t19-/m0/s1. The molecule has 2 aromatic rings. The summed E-state index contributed by atoms with van der Waals surface area (Å²) in [6.07, 6.45) is -0.648. The van der Waals surface area contributed by atoms with Crippen LogP contribution in [0, 0.1) is 0 Å². The molecule has 7 nitrogen and oxygen atoms in total. The lowest BCUT2D eigenvalue weighted by atomic mass is 10.1. The zero-order valence-electron chi connectivity index (χ0n) is 15.4. The molecule has 3 rings (SSSR count). The number of carbonyl (C=O) groups excluding carboxylic acids is 1. The molecule has 1 aliphatic heterocycles. The Morgan fingerprint density at radius 3 is 2.15 bits per heavy atom.